The molecule has 0 spiro atoms. The smallest absolute Gasteiger partial charge is 0.320 e. The molecule has 0 aliphatic carbocycles. The Morgan fingerprint density at radius 3 is 1.55 bits per heavy atom. The van der Waals surface area contributed by atoms with Gasteiger partial charge in [0.2, 0.25) is 22.8 Å². The number of carboxylic acid groups (broad SMARTS) is 1. The normalized spacial score (nSPS) is 30.7. The maximum atomic E-state index is 13.0. The van der Waals surface area contributed by atoms with Gasteiger partial charge in [-0.05, 0) is 122 Å². The number of carbonyl (C=O) groups excluding carboxylic acids is 9. The van der Waals surface area contributed by atoms with Crippen LogP contribution in [0.15, 0.2) is 91.0 Å². The first-order chi connectivity index (χ1) is 47.9. The molecule has 9 saturated heterocycles. The Morgan fingerprint density at radius 1 is 0.573 bits per heavy atom. The van der Waals surface area contributed by atoms with Crippen molar-refractivity contribution in [1.29, 1.82) is 0 Å². The highest BCUT2D eigenvalue weighted by Crippen LogP contribution is 2.62. The highest BCUT2D eigenvalue weighted by atomic mass is 79.9. The molecule has 9 aliphatic heterocycles. The third kappa shape index (κ3) is 18.4. The zero-order chi connectivity index (χ0) is 73.8. The summed E-state index contributed by atoms with van der Waals surface area (Å²) in [5.41, 5.74) is 2.12. The molecule has 12 rings (SSSR count). The Morgan fingerprint density at radius 2 is 1.04 bits per heavy atom. The number of hydrogen-bond donors (Lipinski definition) is 3. The molecule has 25 heteroatoms. The monoisotopic (exact) mass is 1570 g/mol. The number of urea groups is 1. The number of nitrogens with one attached hydrogen (secondary N) is 2. The van der Waals surface area contributed by atoms with Crippen molar-refractivity contribution >= 4 is 105 Å². The number of halogens is 1. The van der Waals surface area contributed by atoms with E-state index in [2.05, 4.69) is 115 Å². The van der Waals surface area contributed by atoms with Crippen molar-refractivity contribution < 1.29 is 89.0 Å². The second kappa shape index (κ2) is 36.7. The minimum atomic E-state index is -0.883. The lowest BCUT2D eigenvalue weighted by molar-refractivity contribution is -0.162. The molecule has 9 heterocycles. The van der Waals surface area contributed by atoms with Crippen molar-refractivity contribution in [3.05, 3.63) is 108 Å². The van der Waals surface area contributed by atoms with Crippen molar-refractivity contribution in [2.45, 2.75) is 237 Å². The average molecular weight is 1570 g/mol. The number of esters is 4. The second-order valence-electron chi connectivity index (χ2n) is 29.7. The summed E-state index contributed by atoms with van der Waals surface area (Å²) in [6.45, 7) is 27.2. The molecule has 0 radical (unpaired) electrons. The summed E-state index contributed by atoms with van der Waals surface area (Å²) in [5.74, 6) is 2.25. The largest absolute Gasteiger partial charge is 1.00 e. The van der Waals surface area contributed by atoms with Crippen molar-refractivity contribution in [1.82, 2.24) is 25.3 Å². The van der Waals surface area contributed by atoms with Crippen molar-refractivity contribution in [3.63, 3.8) is 0 Å². The van der Waals surface area contributed by atoms with Gasteiger partial charge in [-0.2, -0.15) is 23.5 Å². The molecule has 20 nitrogen and oxygen atoms in total. The Labute approximate surface area is 637 Å². The summed E-state index contributed by atoms with van der Waals surface area (Å²) in [6, 6.07) is 30.4. The molecule has 3 aromatic rings. The van der Waals surface area contributed by atoms with Crippen LogP contribution in [0.2, 0.25) is 0 Å². The summed E-state index contributed by atoms with van der Waals surface area (Å²) < 4.78 is 19.2. The van der Waals surface area contributed by atoms with E-state index in [9.17, 15) is 47.9 Å². The topological polar surface area (TPSA) is 262 Å². The number of unbranched alkanes of at least 4 members (excludes halogenated alkanes) is 1. The number of thioether (sulfide) groups is 3. The number of benzene rings is 3. The van der Waals surface area contributed by atoms with Crippen LogP contribution < -0.4 is 27.6 Å². The first-order valence-corrected chi connectivity index (χ1v) is 40.6. The number of ether oxygens (including phenoxy) is 4. The lowest BCUT2D eigenvalue weighted by Gasteiger charge is -2.44. The lowest BCUT2D eigenvalue weighted by Crippen LogP contribution is -3.00. The number of carboxylic acids is 1. The van der Waals surface area contributed by atoms with Crippen LogP contribution in [0.4, 0.5) is 4.79 Å². The number of likely N-dealkylation sites (tertiary alicyclic amines) is 3. The van der Waals surface area contributed by atoms with E-state index in [-0.39, 0.29) is 130 Å². The van der Waals surface area contributed by atoms with E-state index in [4.69, 9.17) is 14.6 Å². The van der Waals surface area contributed by atoms with Crippen LogP contribution in [0, 0.1) is 22.2 Å². The van der Waals surface area contributed by atoms with E-state index >= 15 is 0 Å². The van der Waals surface area contributed by atoms with Gasteiger partial charge in [0.25, 0.3) is 0 Å². The molecule has 0 bridgehead atoms. The van der Waals surface area contributed by atoms with Gasteiger partial charge in [-0.3, -0.25) is 43.2 Å². The predicted octanol–water partition coefficient (Wildman–Crippen LogP) is 9.37. The average Bonchev–Trinajstić information content (AvgIpc) is 1.55. The quantitative estimate of drug-likeness (QED) is 0.0199. The van der Waals surface area contributed by atoms with Gasteiger partial charge in [-0.1, -0.05) is 144 Å². The highest BCUT2D eigenvalue weighted by molar-refractivity contribution is 8.14. The van der Waals surface area contributed by atoms with Gasteiger partial charge in [0.1, 0.15) is 28.7 Å². The number of nitrogens with zero attached hydrogens (tertiary/aromatic N) is 3. The third-order valence-corrected chi connectivity index (χ3v) is 31.7. The van der Waals surface area contributed by atoms with E-state index in [1.165, 1.54) is 41.7 Å². The summed E-state index contributed by atoms with van der Waals surface area (Å²) in [7, 11) is 0.557. The molecule has 12 atom stereocenters. The van der Waals surface area contributed by atoms with E-state index < -0.39 is 41.3 Å². The lowest BCUT2D eigenvalue weighted by atomic mass is 9.71. The number of amides is 5. The molecule has 3 N–H and O–H groups in total. The van der Waals surface area contributed by atoms with Crippen LogP contribution in [0.5, 0.6) is 0 Å². The van der Waals surface area contributed by atoms with E-state index in [1.54, 1.807) is 32.6 Å². The standard InChI is InChI=1S/C25H35NO5S.C18H24NOS.C15H17NO2S.C12H20N2O3S.C7H12O4.CH4.BrH/c1-5-30-22(28)19(23(29)31-6-2)13-10-14-20-25(4)24(3,17-32-20)15-21(27)26(25)16-18-11-8-7-9-12-18;1-17-11-16(20)19(12-14-7-4-3-5-8-14)18(17,2)15-9-6-10-21(15)13-17;1-14-8-12(17)16(9-11-6-4-3-5-7-11)15(14,2)13(18)19-10-14;1-11-7-18-8(5-3-4-6-9(15)16)12(11,2)14-10(17)13-11;1-3-10-6(8)5-7(9)11-4-2;;/h7-9,11-12,19-20H,5-6,10,13-17H2,1-4H3;3-5,7-8,15H,6,9-13H2,1-2H3;3-7H,8-10H2,1-2H3;8H,3-7H2,1-2H3,(H,15,16)(H2,13,14,17);3-5H2,1-2H3;1H4;1H/q;+1;;;;;/p-1/t20?,24-,25+;15?,17-,18+,21?;14-,15+;8?,11-,12+;;;/m0000.../s1. The first kappa shape index (κ1) is 86.2. The van der Waals surface area contributed by atoms with Crippen LogP contribution in [0.1, 0.15) is 191 Å². The second-order valence-corrected chi connectivity index (χ2v) is 35.4. The molecule has 4 unspecified atom stereocenters. The number of rotatable bonds is 23. The molecular formula is C78H112BrN5O15S4. The van der Waals surface area contributed by atoms with Gasteiger partial charge in [0, 0.05) is 95.7 Å². The van der Waals surface area contributed by atoms with Crippen LogP contribution in [-0.4, -0.2) is 177 Å². The molecule has 103 heavy (non-hydrogen) atoms. The summed E-state index contributed by atoms with van der Waals surface area (Å²) in [5, 5.41) is 16.1. The fraction of sp³-hybridized carbons (Fsp3) is 0.641. The van der Waals surface area contributed by atoms with E-state index in [0.29, 0.717) is 67.2 Å². The zero-order valence-corrected chi connectivity index (χ0v) is 66.5. The van der Waals surface area contributed by atoms with Crippen molar-refractivity contribution in [2.24, 2.45) is 22.2 Å². The van der Waals surface area contributed by atoms with Crippen LogP contribution in [-0.2, 0) is 92.6 Å². The fourth-order valence-corrected chi connectivity index (χ4v) is 25.8. The maximum Gasteiger partial charge on any atom is 0.320 e. The summed E-state index contributed by atoms with van der Waals surface area (Å²) in [4.78, 5) is 124. The van der Waals surface area contributed by atoms with Crippen LogP contribution in [0.3, 0.4) is 0 Å². The van der Waals surface area contributed by atoms with Gasteiger partial charge in [-0.25, -0.2) is 4.79 Å². The van der Waals surface area contributed by atoms with Gasteiger partial charge >= 0.3 is 35.9 Å². The highest BCUT2D eigenvalue weighted by Gasteiger charge is 2.74. The minimum Gasteiger partial charge on any atom is -1.00 e. The summed E-state index contributed by atoms with van der Waals surface area (Å²) in [6.07, 6.45) is 8.91. The van der Waals surface area contributed by atoms with Gasteiger partial charge in [-0.15, -0.1) is 0 Å². The van der Waals surface area contributed by atoms with E-state index in [0.717, 1.165) is 65.9 Å². The Kier molecular flexibility index (Phi) is 30.7. The molecule has 0 aromatic heterocycles. The van der Waals surface area contributed by atoms with E-state index in [1.807, 2.05) is 85.0 Å². The van der Waals surface area contributed by atoms with Crippen molar-refractivity contribution in [2.75, 3.05) is 55.2 Å². The Bertz CT molecular complexity index is 3430. The fourth-order valence-electron chi connectivity index (χ4n) is 16.5. The van der Waals surface area contributed by atoms with Crippen LogP contribution >= 0.6 is 35.3 Å². The number of hydrogen-bond acceptors (Lipinski definition) is 17. The molecule has 570 valence electrons. The third-order valence-electron chi connectivity index (χ3n) is 23.1. The minimum absolute atomic E-state index is 0. The number of carbonyl (C=O) groups is 10. The molecule has 0 saturated carbocycles. The van der Waals surface area contributed by atoms with Gasteiger partial charge in [0.15, 0.2) is 5.92 Å². The number of fused-ring (bicyclic) bond motifs is 6. The molecule has 3 aromatic carbocycles. The Hall–Kier alpha value is -5.76. The zero-order valence-electron chi connectivity index (χ0n) is 61.7. The molecule has 5 amide bonds. The maximum absolute atomic E-state index is 13.0. The molecule has 9 fully saturated rings. The molecule has 9 aliphatic rings. The SMILES string of the molecule is C.CCOC(=O)C(CCCC1SC[C@]2(C)CC(=O)N(Cc3ccccc3)[C@]12C)C(=O)OCC.CCOC(=O)CC(=O)OCC.C[C@@]12CC(=O)N(Cc3ccccc3)[C@]1(C)C1CCC[S+]1C2.C[C@]12CSC(=O)[C@@]1(C)N(Cc1ccccc1)C(=O)C2.C[C@]12CSC(CCCCC(=O)O)[C@@]1(C)NC(=O)N2.[Br-]. The number of aliphatic carboxylic acids is 1. The Balaban J connectivity index is 0.000000209. The van der Waals surface area contributed by atoms with Crippen molar-refractivity contribution in [3.8, 4) is 0 Å². The van der Waals surface area contributed by atoms with Gasteiger partial charge < -0.3 is 66.4 Å². The molecular weight excluding hydrogens is 1460 g/mol. The summed E-state index contributed by atoms with van der Waals surface area (Å²) >= 11 is 5.15. The predicted molar refractivity (Wildman–Crippen MR) is 404 cm³/mol. The van der Waals surface area contributed by atoms with Crippen LogP contribution in [0.25, 0.3) is 0 Å². The van der Waals surface area contributed by atoms with Gasteiger partial charge in [0.05, 0.1) is 48.6 Å². The first-order valence-electron chi connectivity index (χ1n) is 35.9.